The Bertz CT molecular complexity index is 445. The van der Waals surface area contributed by atoms with Crippen molar-refractivity contribution in [3.8, 4) is 5.75 Å². The molecule has 84 valence electrons. The SMILES string of the molecule is O=C1CN2c3ccc(O)cc3CCC2CN1. The molecule has 0 spiro atoms. The number of nitrogens with one attached hydrogen (secondary N) is 1. The molecule has 2 aliphatic rings. The lowest BCUT2D eigenvalue weighted by molar-refractivity contribution is -0.120. The molecule has 1 atom stereocenters. The monoisotopic (exact) mass is 218 g/mol. The Hall–Kier alpha value is -1.71. The van der Waals surface area contributed by atoms with E-state index in [0.717, 1.165) is 30.6 Å². The van der Waals surface area contributed by atoms with Gasteiger partial charge in [0, 0.05) is 18.3 Å². The summed E-state index contributed by atoms with van der Waals surface area (Å²) in [6.45, 7) is 1.17. The number of hydrogen-bond acceptors (Lipinski definition) is 3. The van der Waals surface area contributed by atoms with Crippen LogP contribution in [0.4, 0.5) is 5.69 Å². The van der Waals surface area contributed by atoms with Gasteiger partial charge >= 0.3 is 0 Å². The molecule has 2 heterocycles. The number of phenolic OH excluding ortho intramolecular Hbond substituents is 1. The van der Waals surface area contributed by atoms with Crippen LogP contribution in [-0.4, -0.2) is 30.1 Å². The van der Waals surface area contributed by atoms with E-state index in [1.165, 1.54) is 0 Å². The lowest BCUT2D eigenvalue weighted by Crippen LogP contribution is -2.56. The van der Waals surface area contributed by atoms with E-state index >= 15 is 0 Å². The maximum Gasteiger partial charge on any atom is 0.239 e. The van der Waals surface area contributed by atoms with Gasteiger partial charge in [-0.2, -0.15) is 0 Å². The minimum absolute atomic E-state index is 0.0807. The molecule has 0 saturated carbocycles. The van der Waals surface area contributed by atoms with E-state index in [2.05, 4.69) is 10.2 Å². The van der Waals surface area contributed by atoms with Crippen molar-refractivity contribution in [1.29, 1.82) is 0 Å². The molecule has 1 unspecified atom stereocenters. The third-order valence-electron chi connectivity index (χ3n) is 3.41. The summed E-state index contributed by atoms with van der Waals surface area (Å²) in [7, 11) is 0. The van der Waals surface area contributed by atoms with Gasteiger partial charge < -0.3 is 15.3 Å². The van der Waals surface area contributed by atoms with Crippen LogP contribution in [0.2, 0.25) is 0 Å². The number of aryl methyl sites for hydroxylation is 1. The van der Waals surface area contributed by atoms with Gasteiger partial charge in [0.1, 0.15) is 5.75 Å². The lowest BCUT2D eigenvalue weighted by atomic mass is 9.94. The van der Waals surface area contributed by atoms with Crippen molar-refractivity contribution < 1.29 is 9.90 Å². The molecule has 4 nitrogen and oxygen atoms in total. The van der Waals surface area contributed by atoms with Gasteiger partial charge in [-0.1, -0.05) is 0 Å². The summed E-state index contributed by atoms with van der Waals surface area (Å²) < 4.78 is 0. The third-order valence-corrected chi connectivity index (χ3v) is 3.41. The number of aromatic hydroxyl groups is 1. The maximum atomic E-state index is 11.4. The molecule has 1 saturated heterocycles. The number of piperazine rings is 1. The van der Waals surface area contributed by atoms with Crippen LogP contribution >= 0.6 is 0 Å². The normalized spacial score (nSPS) is 23.4. The molecule has 1 aromatic rings. The Morgan fingerprint density at radius 2 is 2.31 bits per heavy atom. The van der Waals surface area contributed by atoms with E-state index in [0.29, 0.717) is 18.3 Å². The largest absolute Gasteiger partial charge is 0.508 e. The Morgan fingerprint density at radius 1 is 1.44 bits per heavy atom. The first-order chi connectivity index (χ1) is 7.74. The number of phenols is 1. The highest BCUT2D eigenvalue weighted by atomic mass is 16.3. The zero-order valence-electron chi connectivity index (χ0n) is 8.94. The van der Waals surface area contributed by atoms with E-state index in [-0.39, 0.29) is 5.91 Å². The predicted octanol–water partition coefficient (Wildman–Crippen LogP) is 0.643. The van der Waals surface area contributed by atoms with Crippen molar-refractivity contribution in [1.82, 2.24) is 5.32 Å². The fourth-order valence-corrected chi connectivity index (χ4v) is 2.60. The second-order valence-electron chi connectivity index (χ2n) is 4.44. The van der Waals surface area contributed by atoms with Crippen molar-refractivity contribution in [3.63, 3.8) is 0 Å². The van der Waals surface area contributed by atoms with Crippen molar-refractivity contribution in [3.05, 3.63) is 23.8 Å². The first kappa shape index (κ1) is 9.51. The molecule has 2 aliphatic heterocycles. The number of fused-ring (bicyclic) bond motifs is 3. The van der Waals surface area contributed by atoms with E-state index in [9.17, 15) is 9.90 Å². The molecule has 3 rings (SSSR count). The summed E-state index contributed by atoms with van der Waals surface area (Å²) in [5, 5.41) is 12.3. The average Bonchev–Trinajstić information content (AvgIpc) is 2.28. The van der Waals surface area contributed by atoms with Gasteiger partial charge in [0.15, 0.2) is 0 Å². The van der Waals surface area contributed by atoms with Crippen molar-refractivity contribution >= 4 is 11.6 Å². The summed E-state index contributed by atoms with van der Waals surface area (Å²) in [6.07, 6.45) is 2.01. The van der Waals surface area contributed by atoms with Gasteiger partial charge in [-0.3, -0.25) is 4.79 Å². The van der Waals surface area contributed by atoms with E-state index in [1.807, 2.05) is 6.07 Å². The number of anilines is 1. The zero-order chi connectivity index (χ0) is 11.1. The molecular formula is C12H14N2O2. The van der Waals surface area contributed by atoms with Crippen molar-refractivity contribution in [2.24, 2.45) is 0 Å². The number of hydrogen-bond donors (Lipinski definition) is 2. The molecule has 0 aromatic heterocycles. The summed E-state index contributed by atoms with van der Waals surface area (Å²) in [4.78, 5) is 13.5. The molecule has 1 amide bonds. The average molecular weight is 218 g/mol. The molecular weight excluding hydrogens is 204 g/mol. The summed E-state index contributed by atoms with van der Waals surface area (Å²) in [6, 6.07) is 5.82. The van der Waals surface area contributed by atoms with Crippen LogP contribution in [0.1, 0.15) is 12.0 Å². The van der Waals surface area contributed by atoms with Gasteiger partial charge in [0.05, 0.1) is 6.54 Å². The molecule has 16 heavy (non-hydrogen) atoms. The van der Waals surface area contributed by atoms with E-state index in [4.69, 9.17) is 0 Å². The second-order valence-corrected chi connectivity index (χ2v) is 4.44. The zero-order valence-corrected chi connectivity index (χ0v) is 8.94. The van der Waals surface area contributed by atoms with Crippen LogP contribution < -0.4 is 10.2 Å². The quantitative estimate of drug-likeness (QED) is 0.672. The first-order valence-electron chi connectivity index (χ1n) is 5.59. The first-order valence-corrected chi connectivity index (χ1v) is 5.59. The van der Waals surface area contributed by atoms with E-state index < -0.39 is 0 Å². The third kappa shape index (κ3) is 1.41. The Balaban J connectivity index is 2.00. The summed E-state index contributed by atoms with van der Waals surface area (Å²) in [5.74, 6) is 0.385. The van der Waals surface area contributed by atoms with Crippen LogP contribution in [0.5, 0.6) is 5.75 Å². The highest BCUT2D eigenvalue weighted by Gasteiger charge is 2.31. The minimum Gasteiger partial charge on any atom is -0.508 e. The molecule has 0 aliphatic carbocycles. The lowest BCUT2D eigenvalue weighted by Gasteiger charge is -2.41. The van der Waals surface area contributed by atoms with Crippen LogP contribution in [0.25, 0.3) is 0 Å². The van der Waals surface area contributed by atoms with Crippen molar-refractivity contribution in [2.45, 2.75) is 18.9 Å². The molecule has 0 radical (unpaired) electrons. The fraction of sp³-hybridized carbons (Fsp3) is 0.417. The fourth-order valence-electron chi connectivity index (χ4n) is 2.60. The topological polar surface area (TPSA) is 52.6 Å². The van der Waals surface area contributed by atoms with Crippen LogP contribution in [-0.2, 0) is 11.2 Å². The maximum absolute atomic E-state index is 11.4. The Labute approximate surface area is 93.9 Å². The number of carbonyl (C=O) groups is 1. The van der Waals surface area contributed by atoms with Crippen LogP contribution in [0.15, 0.2) is 18.2 Å². The van der Waals surface area contributed by atoms with Gasteiger partial charge in [-0.05, 0) is 36.6 Å². The van der Waals surface area contributed by atoms with Crippen LogP contribution in [0, 0.1) is 0 Å². The molecule has 2 N–H and O–H groups in total. The highest BCUT2D eigenvalue weighted by Crippen LogP contribution is 2.33. The summed E-state index contributed by atoms with van der Waals surface area (Å²) >= 11 is 0. The summed E-state index contributed by atoms with van der Waals surface area (Å²) in [5.41, 5.74) is 2.25. The number of carbonyl (C=O) groups excluding carboxylic acids is 1. The highest BCUT2D eigenvalue weighted by molar-refractivity contribution is 5.83. The standard InChI is InChI=1S/C12H14N2O2/c15-10-3-4-11-8(5-10)1-2-9-6-13-12(16)7-14(9)11/h3-5,9,15H,1-2,6-7H2,(H,13,16). The van der Waals surface area contributed by atoms with Crippen LogP contribution in [0.3, 0.4) is 0 Å². The predicted molar refractivity (Wildman–Crippen MR) is 60.6 cm³/mol. The molecule has 1 fully saturated rings. The smallest absolute Gasteiger partial charge is 0.239 e. The van der Waals surface area contributed by atoms with Gasteiger partial charge in [0.25, 0.3) is 0 Å². The number of nitrogens with zero attached hydrogens (tertiary/aromatic N) is 1. The Kier molecular flexibility index (Phi) is 2.02. The number of benzene rings is 1. The van der Waals surface area contributed by atoms with Gasteiger partial charge in [-0.25, -0.2) is 0 Å². The van der Waals surface area contributed by atoms with Gasteiger partial charge in [-0.15, -0.1) is 0 Å². The number of amides is 1. The van der Waals surface area contributed by atoms with E-state index in [1.54, 1.807) is 12.1 Å². The molecule has 1 aromatic carbocycles. The minimum atomic E-state index is 0.0807. The molecule has 0 bridgehead atoms. The Morgan fingerprint density at radius 3 is 3.19 bits per heavy atom. The van der Waals surface area contributed by atoms with Gasteiger partial charge in [0.2, 0.25) is 5.91 Å². The van der Waals surface area contributed by atoms with Crippen molar-refractivity contribution in [2.75, 3.05) is 18.0 Å². The number of rotatable bonds is 0. The second kappa shape index (κ2) is 3.40. The molecule has 4 heteroatoms.